The molecule has 2 aliphatic rings. The van der Waals surface area contributed by atoms with E-state index in [0.29, 0.717) is 0 Å². The topological polar surface area (TPSA) is 49.4 Å². The summed E-state index contributed by atoms with van der Waals surface area (Å²) in [5.74, 6) is 0. The third kappa shape index (κ3) is 4.40. The largest absolute Gasteiger partial charge is 0.344 e. The fourth-order valence-corrected chi connectivity index (χ4v) is 6.47. The van der Waals surface area contributed by atoms with Crippen molar-refractivity contribution in [3.8, 4) is 0 Å². The summed E-state index contributed by atoms with van der Waals surface area (Å²) < 4.78 is 2.44. The predicted octanol–water partition coefficient (Wildman–Crippen LogP) is 8.51. The number of hydrogen-bond donors (Lipinski definition) is 0. The number of rotatable bonds is 9. The zero-order chi connectivity index (χ0) is 28.7. The number of allylic oxidation sites excluding steroid dienone is 4. The summed E-state index contributed by atoms with van der Waals surface area (Å²) in [6, 6.07) is 18.3. The lowest BCUT2D eigenvalue weighted by Crippen LogP contribution is -2.28. The van der Waals surface area contributed by atoms with Crippen LogP contribution in [0.5, 0.6) is 0 Å². The first-order chi connectivity index (χ1) is 19.1. The highest BCUT2D eigenvalue weighted by molar-refractivity contribution is 6.07. The molecule has 0 radical (unpaired) electrons. The Kier molecular flexibility index (Phi) is 7.09. The summed E-state index contributed by atoms with van der Waals surface area (Å²) in [6.07, 6.45) is 12.2. The Morgan fingerprint density at radius 3 is 2.45 bits per heavy atom. The molecule has 0 amide bonds. The highest BCUT2D eigenvalue weighted by Gasteiger charge is 2.45. The van der Waals surface area contributed by atoms with E-state index in [0.717, 1.165) is 42.9 Å². The van der Waals surface area contributed by atoms with Crippen molar-refractivity contribution in [2.45, 2.75) is 51.4 Å². The molecule has 0 saturated carbocycles. The fourth-order valence-electron chi connectivity index (χ4n) is 6.47. The first kappa shape index (κ1) is 27.3. The first-order valence-corrected chi connectivity index (χ1v) is 14.0. The molecule has 0 aromatic heterocycles. The number of fused-ring (bicyclic) bond motifs is 4. The normalized spacial score (nSPS) is 18.0. The molecule has 0 aliphatic carbocycles. The number of nitro benzene ring substituents is 1. The van der Waals surface area contributed by atoms with Crippen LogP contribution in [0.4, 0.5) is 17.1 Å². The molecule has 0 atom stereocenters. The van der Waals surface area contributed by atoms with Crippen LogP contribution in [0.3, 0.4) is 0 Å². The summed E-state index contributed by atoms with van der Waals surface area (Å²) in [6.45, 7) is 18.4. The predicted molar refractivity (Wildman–Crippen MR) is 167 cm³/mol. The molecule has 2 heterocycles. The smallest absolute Gasteiger partial charge is 0.269 e. The zero-order valence-corrected chi connectivity index (χ0v) is 24.0. The van der Waals surface area contributed by atoms with E-state index in [1.165, 1.54) is 27.7 Å². The molecule has 0 N–H and O–H groups in total. The van der Waals surface area contributed by atoms with Gasteiger partial charge in [0.05, 0.1) is 10.3 Å². The Morgan fingerprint density at radius 1 is 0.975 bits per heavy atom. The molecule has 3 aromatic carbocycles. The van der Waals surface area contributed by atoms with Crippen molar-refractivity contribution in [2.24, 2.45) is 0 Å². The van der Waals surface area contributed by atoms with Gasteiger partial charge in [-0.2, -0.15) is 4.58 Å². The van der Waals surface area contributed by atoms with Crippen molar-refractivity contribution in [3.05, 3.63) is 125 Å². The van der Waals surface area contributed by atoms with Crippen LogP contribution in [-0.2, 0) is 10.8 Å². The van der Waals surface area contributed by atoms with Gasteiger partial charge in [0.2, 0.25) is 5.69 Å². The molecule has 5 rings (SSSR count). The van der Waals surface area contributed by atoms with E-state index in [1.807, 2.05) is 18.2 Å². The van der Waals surface area contributed by atoms with Crippen molar-refractivity contribution in [2.75, 3.05) is 18.0 Å². The molecule has 0 fully saturated rings. The standard InChI is InChI=1S/C35H38N3O2/c1-7-9-22-36-29-21-19-26(38(39)40)24-28(29)34(3,4)31(36)16-13-17-32-35(5,6)33-27-15-12-11-14-25(27)18-20-30(33)37(32)23-10-8-2/h7-8,11-21,24H,1-2,9-10,22-23H2,3-6H3/q+1. The van der Waals surface area contributed by atoms with Crippen molar-refractivity contribution in [1.82, 2.24) is 0 Å². The monoisotopic (exact) mass is 532 g/mol. The lowest BCUT2D eigenvalue weighted by atomic mass is 9.79. The van der Waals surface area contributed by atoms with Gasteiger partial charge in [0, 0.05) is 59.6 Å². The minimum absolute atomic E-state index is 0.124. The zero-order valence-electron chi connectivity index (χ0n) is 24.0. The highest BCUT2D eigenvalue weighted by Crippen LogP contribution is 2.49. The Bertz CT molecular complexity index is 1620. The highest BCUT2D eigenvalue weighted by atomic mass is 16.6. The molecular formula is C35H38N3O2+. The van der Waals surface area contributed by atoms with Gasteiger partial charge in [0.1, 0.15) is 0 Å². The van der Waals surface area contributed by atoms with Crippen LogP contribution in [0.15, 0.2) is 104 Å². The second-order valence-electron chi connectivity index (χ2n) is 11.6. The third-order valence-electron chi connectivity index (χ3n) is 8.46. The minimum atomic E-state index is -0.385. The van der Waals surface area contributed by atoms with Gasteiger partial charge >= 0.3 is 0 Å². The molecule has 0 unspecified atom stereocenters. The second-order valence-corrected chi connectivity index (χ2v) is 11.6. The number of nitro groups is 1. The van der Waals surface area contributed by atoms with Crippen molar-refractivity contribution in [1.29, 1.82) is 0 Å². The van der Waals surface area contributed by atoms with Crippen LogP contribution in [0.25, 0.3) is 10.8 Å². The van der Waals surface area contributed by atoms with E-state index in [1.54, 1.807) is 12.1 Å². The fraction of sp³-hybridized carbons (Fsp3) is 0.286. The summed E-state index contributed by atoms with van der Waals surface area (Å²) in [5.41, 5.74) is 6.54. The number of non-ortho nitro benzene ring substituents is 1. The van der Waals surface area contributed by atoms with Gasteiger partial charge < -0.3 is 4.90 Å². The Hall–Kier alpha value is -4.25. The number of nitrogens with zero attached hydrogens (tertiary/aromatic N) is 3. The second kappa shape index (κ2) is 10.4. The van der Waals surface area contributed by atoms with E-state index >= 15 is 0 Å². The molecule has 0 spiro atoms. The van der Waals surface area contributed by atoms with E-state index in [9.17, 15) is 10.1 Å². The van der Waals surface area contributed by atoms with Crippen LogP contribution < -0.4 is 4.90 Å². The third-order valence-corrected chi connectivity index (χ3v) is 8.46. The summed E-state index contributed by atoms with van der Waals surface area (Å²) in [4.78, 5) is 13.5. The molecule has 2 aliphatic heterocycles. The summed E-state index contributed by atoms with van der Waals surface area (Å²) in [7, 11) is 0. The van der Waals surface area contributed by atoms with E-state index in [-0.39, 0.29) is 21.4 Å². The average molecular weight is 533 g/mol. The number of anilines is 1. The molecule has 3 aromatic rings. The van der Waals surface area contributed by atoms with Crippen LogP contribution in [-0.4, -0.2) is 28.3 Å². The molecule has 5 heteroatoms. The van der Waals surface area contributed by atoms with Crippen LogP contribution in [0.2, 0.25) is 0 Å². The Balaban J connectivity index is 1.60. The Labute approximate surface area is 237 Å². The van der Waals surface area contributed by atoms with Gasteiger partial charge in [-0.1, -0.05) is 56.3 Å². The summed E-state index contributed by atoms with van der Waals surface area (Å²) in [5, 5.41) is 14.1. The van der Waals surface area contributed by atoms with Gasteiger partial charge in [-0.25, -0.2) is 0 Å². The maximum atomic E-state index is 11.5. The number of hydrogen-bond acceptors (Lipinski definition) is 3. The Morgan fingerprint density at radius 2 is 1.73 bits per heavy atom. The maximum Gasteiger partial charge on any atom is 0.269 e. The van der Waals surface area contributed by atoms with Gasteiger partial charge in [-0.05, 0) is 54.8 Å². The average Bonchev–Trinajstić information content (AvgIpc) is 3.28. The minimum Gasteiger partial charge on any atom is -0.344 e. The molecule has 0 bridgehead atoms. The number of benzene rings is 3. The van der Waals surface area contributed by atoms with Crippen LogP contribution in [0.1, 0.15) is 51.7 Å². The molecule has 40 heavy (non-hydrogen) atoms. The van der Waals surface area contributed by atoms with Crippen LogP contribution >= 0.6 is 0 Å². The lowest BCUT2D eigenvalue weighted by Gasteiger charge is -2.26. The van der Waals surface area contributed by atoms with Gasteiger partial charge in [0.15, 0.2) is 12.3 Å². The molecule has 5 nitrogen and oxygen atoms in total. The quantitative estimate of drug-likeness (QED) is 0.120. The van der Waals surface area contributed by atoms with E-state index in [2.05, 4.69) is 105 Å². The van der Waals surface area contributed by atoms with Gasteiger partial charge in [-0.15, -0.1) is 13.2 Å². The maximum absolute atomic E-state index is 11.5. The van der Waals surface area contributed by atoms with E-state index < -0.39 is 0 Å². The molecular weight excluding hydrogens is 494 g/mol. The van der Waals surface area contributed by atoms with Gasteiger partial charge in [0.25, 0.3) is 5.69 Å². The lowest BCUT2D eigenvalue weighted by molar-refractivity contribution is -0.436. The van der Waals surface area contributed by atoms with Crippen molar-refractivity contribution >= 4 is 33.5 Å². The SMILES string of the molecule is C=CCCN1C(=CC=CC2=[N+](CCC=C)c3ccc4ccccc4c3C2(C)C)C(C)(C)c2cc([N+](=O)[O-])ccc21. The van der Waals surface area contributed by atoms with Gasteiger partial charge in [-0.3, -0.25) is 10.1 Å². The first-order valence-electron chi connectivity index (χ1n) is 14.0. The molecule has 0 saturated heterocycles. The van der Waals surface area contributed by atoms with Crippen LogP contribution in [0, 0.1) is 10.1 Å². The van der Waals surface area contributed by atoms with E-state index in [4.69, 9.17) is 0 Å². The van der Waals surface area contributed by atoms with Crippen molar-refractivity contribution in [3.63, 3.8) is 0 Å². The molecule has 204 valence electrons. The van der Waals surface area contributed by atoms with Crippen molar-refractivity contribution < 1.29 is 9.50 Å². The summed E-state index contributed by atoms with van der Waals surface area (Å²) >= 11 is 0.